The third-order valence-electron chi connectivity index (χ3n) is 5.44. The predicted molar refractivity (Wildman–Crippen MR) is 118 cm³/mol. The van der Waals surface area contributed by atoms with Crippen LogP contribution in [0.5, 0.6) is 0 Å². The molecule has 158 valence electrons. The molecule has 3 rings (SSSR count). The molecule has 0 saturated carbocycles. The Bertz CT molecular complexity index is 796. The number of rotatable bonds is 7. The molecule has 0 radical (unpaired) electrons. The van der Waals surface area contributed by atoms with E-state index in [0.717, 1.165) is 48.6 Å². The molecule has 1 aliphatic heterocycles. The van der Waals surface area contributed by atoms with Gasteiger partial charge >= 0.3 is 0 Å². The van der Waals surface area contributed by atoms with Crippen molar-refractivity contribution in [1.82, 2.24) is 20.7 Å². The van der Waals surface area contributed by atoms with Gasteiger partial charge in [0.15, 0.2) is 11.7 Å². The summed E-state index contributed by atoms with van der Waals surface area (Å²) in [6.45, 7) is 8.84. The Labute approximate surface area is 178 Å². The van der Waals surface area contributed by atoms with Crippen LogP contribution < -0.4 is 10.6 Å². The fourth-order valence-electron chi connectivity index (χ4n) is 3.53. The van der Waals surface area contributed by atoms with E-state index in [4.69, 9.17) is 16.1 Å². The van der Waals surface area contributed by atoms with Gasteiger partial charge in [0, 0.05) is 31.2 Å². The quantitative estimate of drug-likeness (QED) is 0.526. The first-order valence-electron chi connectivity index (χ1n) is 10.4. The summed E-state index contributed by atoms with van der Waals surface area (Å²) >= 11 is 6.30. The number of aromatic nitrogens is 1. The van der Waals surface area contributed by atoms with Crippen LogP contribution in [0.1, 0.15) is 49.6 Å². The Kier molecular flexibility index (Phi) is 7.95. The monoisotopic (exact) mass is 417 g/mol. The zero-order chi connectivity index (χ0) is 20.6. The molecule has 0 bridgehead atoms. The van der Waals surface area contributed by atoms with Crippen LogP contribution in [0.3, 0.4) is 0 Å². The third-order valence-corrected chi connectivity index (χ3v) is 5.81. The number of guanidine groups is 1. The lowest BCUT2D eigenvalue weighted by molar-refractivity contribution is 0.178. The fourth-order valence-corrected chi connectivity index (χ4v) is 3.73. The number of hydrogen-bond donors (Lipinski definition) is 2. The second-order valence-corrected chi connectivity index (χ2v) is 8.40. The van der Waals surface area contributed by atoms with Crippen LogP contribution in [0.4, 0.5) is 0 Å². The molecule has 1 aromatic carbocycles. The van der Waals surface area contributed by atoms with Crippen LogP contribution in [0, 0.1) is 5.92 Å². The Morgan fingerprint density at radius 1 is 1.28 bits per heavy atom. The van der Waals surface area contributed by atoms with Crippen molar-refractivity contribution in [2.45, 2.75) is 45.7 Å². The molecule has 0 unspecified atom stereocenters. The number of hydrogen-bond acceptors (Lipinski definition) is 4. The molecule has 1 aliphatic rings. The van der Waals surface area contributed by atoms with Crippen LogP contribution >= 0.6 is 11.6 Å². The van der Waals surface area contributed by atoms with Crippen molar-refractivity contribution < 1.29 is 4.52 Å². The summed E-state index contributed by atoms with van der Waals surface area (Å²) in [4.78, 5) is 6.80. The lowest BCUT2D eigenvalue weighted by Crippen LogP contribution is -2.42. The molecule has 29 heavy (non-hydrogen) atoms. The van der Waals surface area contributed by atoms with Gasteiger partial charge in [-0.15, -0.1) is 0 Å². The zero-order valence-electron chi connectivity index (χ0n) is 17.6. The highest BCUT2D eigenvalue weighted by Crippen LogP contribution is 2.22. The first-order chi connectivity index (χ1) is 14.0. The predicted octanol–water partition coefficient (Wildman–Crippen LogP) is 4.03. The number of aliphatic imine (C=N–C) groups is 1. The van der Waals surface area contributed by atoms with Gasteiger partial charge in [0.05, 0.1) is 12.2 Å². The normalized spacial score (nSPS) is 16.4. The van der Waals surface area contributed by atoms with Gasteiger partial charge in [-0.1, -0.05) is 48.8 Å². The summed E-state index contributed by atoms with van der Waals surface area (Å²) in [5.41, 5.74) is 2.19. The summed E-state index contributed by atoms with van der Waals surface area (Å²) in [6.07, 6.45) is 2.35. The largest absolute Gasteiger partial charge is 0.359 e. The van der Waals surface area contributed by atoms with Gasteiger partial charge in [0.1, 0.15) is 0 Å². The van der Waals surface area contributed by atoms with E-state index in [1.165, 1.54) is 18.4 Å². The number of halogens is 1. The van der Waals surface area contributed by atoms with Crippen molar-refractivity contribution in [3.8, 4) is 0 Å². The fraction of sp³-hybridized carbons (Fsp3) is 0.545. The Morgan fingerprint density at radius 3 is 2.69 bits per heavy atom. The maximum absolute atomic E-state index is 6.30. The summed E-state index contributed by atoms with van der Waals surface area (Å²) in [5, 5.41) is 11.7. The zero-order valence-corrected chi connectivity index (χ0v) is 18.4. The number of likely N-dealkylation sites (tertiary alicyclic amines) is 1. The van der Waals surface area contributed by atoms with Gasteiger partial charge in [-0.2, -0.15) is 0 Å². The molecule has 1 saturated heterocycles. The van der Waals surface area contributed by atoms with Crippen molar-refractivity contribution in [1.29, 1.82) is 0 Å². The summed E-state index contributed by atoms with van der Waals surface area (Å²) in [6, 6.07) is 10.1. The van der Waals surface area contributed by atoms with Crippen LogP contribution in [0.15, 0.2) is 39.8 Å². The minimum Gasteiger partial charge on any atom is -0.359 e. The van der Waals surface area contributed by atoms with Crippen LogP contribution in [0.25, 0.3) is 0 Å². The van der Waals surface area contributed by atoms with Gasteiger partial charge in [-0.25, -0.2) is 0 Å². The molecule has 1 aromatic heterocycles. The molecular weight excluding hydrogens is 386 g/mol. The third kappa shape index (κ3) is 6.47. The van der Waals surface area contributed by atoms with Gasteiger partial charge in [0.2, 0.25) is 0 Å². The first kappa shape index (κ1) is 21.7. The lowest BCUT2D eigenvalue weighted by Gasteiger charge is -2.32. The van der Waals surface area contributed by atoms with Crippen molar-refractivity contribution in [3.05, 3.63) is 52.4 Å². The molecular formula is C22H32ClN5O. The number of nitrogens with one attached hydrogen (secondary N) is 2. The lowest BCUT2D eigenvalue weighted by atomic mass is 9.96. The molecule has 1 fully saturated rings. The minimum atomic E-state index is 0.369. The van der Waals surface area contributed by atoms with Gasteiger partial charge in [0.25, 0.3) is 0 Å². The van der Waals surface area contributed by atoms with Crippen LogP contribution in [-0.2, 0) is 13.1 Å². The van der Waals surface area contributed by atoms with Gasteiger partial charge in [-0.3, -0.25) is 9.89 Å². The average molecular weight is 418 g/mol. The SMILES string of the molecule is CN=C(NCc1cc(C(C)C)no1)NCC1CCN(Cc2ccccc2Cl)CC1. The van der Waals surface area contributed by atoms with Crippen LogP contribution in [-0.4, -0.2) is 42.7 Å². The Morgan fingerprint density at radius 2 is 2.03 bits per heavy atom. The van der Waals surface area contributed by atoms with E-state index in [1.54, 1.807) is 7.05 Å². The second kappa shape index (κ2) is 10.6. The summed E-state index contributed by atoms with van der Waals surface area (Å²) < 4.78 is 5.37. The summed E-state index contributed by atoms with van der Waals surface area (Å²) in [5.74, 6) is 2.64. The molecule has 0 spiro atoms. The number of piperidine rings is 1. The summed E-state index contributed by atoms with van der Waals surface area (Å²) in [7, 11) is 1.79. The molecule has 0 aliphatic carbocycles. The van der Waals surface area contributed by atoms with E-state index < -0.39 is 0 Å². The highest BCUT2D eigenvalue weighted by molar-refractivity contribution is 6.31. The molecule has 0 atom stereocenters. The maximum Gasteiger partial charge on any atom is 0.191 e. The van der Waals surface area contributed by atoms with Gasteiger partial charge < -0.3 is 15.2 Å². The second-order valence-electron chi connectivity index (χ2n) is 7.99. The molecule has 6 nitrogen and oxygen atoms in total. The van der Waals surface area contributed by atoms with E-state index in [0.29, 0.717) is 18.4 Å². The van der Waals surface area contributed by atoms with Crippen molar-refractivity contribution in [2.75, 3.05) is 26.7 Å². The number of nitrogens with zero attached hydrogens (tertiary/aromatic N) is 3. The molecule has 2 N–H and O–H groups in total. The van der Waals surface area contributed by atoms with E-state index in [9.17, 15) is 0 Å². The molecule has 7 heteroatoms. The van der Waals surface area contributed by atoms with E-state index >= 15 is 0 Å². The van der Waals surface area contributed by atoms with Crippen molar-refractivity contribution in [3.63, 3.8) is 0 Å². The van der Waals surface area contributed by atoms with Crippen molar-refractivity contribution in [2.24, 2.45) is 10.9 Å². The van der Waals surface area contributed by atoms with E-state index in [2.05, 4.69) is 51.7 Å². The van der Waals surface area contributed by atoms with Gasteiger partial charge in [-0.05, 0) is 49.4 Å². The van der Waals surface area contributed by atoms with E-state index in [1.807, 2.05) is 18.2 Å². The smallest absolute Gasteiger partial charge is 0.191 e. The highest BCUT2D eigenvalue weighted by atomic mass is 35.5. The highest BCUT2D eigenvalue weighted by Gasteiger charge is 2.20. The topological polar surface area (TPSA) is 65.7 Å². The van der Waals surface area contributed by atoms with E-state index in [-0.39, 0.29) is 0 Å². The maximum atomic E-state index is 6.30. The average Bonchev–Trinajstić information content (AvgIpc) is 3.20. The molecule has 2 heterocycles. The number of benzene rings is 1. The Hall–Kier alpha value is -2.05. The molecule has 0 amide bonds. The first-order valence-corrected chi connectivity index (χ1v) is 10.8. The molecule has 2 aromatic rings. The standard InChI is InChI=1S/C22H32ClN5O/c1-16(2)21-12-19(29-27-21)14-26-22(24-3)25-13-17-8-10-28(11-9-17)15-18-6-4-5-7-20(18)23/h4-7,12,16-17H,8-11,13-15H2,1-3H3,(H2,24,25,26). The Balaban J connectivity index is 1.37. The van der Waals surface area contributed by atoms with Crippen LogP contribution in [0.2, 0.25) is 5.02 Å². The minimum absolute atomic E-state index is 0.369. The van der Waals surface area contributed by atoms with Crippen molar-refractivity contribution >= 4 is 17.6 Å².